The highest BCUT2D eigenvalue weighted by Gasteiger charge is 2.23. The average molecular weight is 460 g/mol. The van der Waals surface area contributed by atoms with Crippen LogP contribution in [0.2, 0.25) is 5.02 Å². The molecule has 8 nitrogen and oxygen atoms in total. The normalized spacial score (nSPS) is 14.5. The van der Waals surface area contributed by atoms with Gasteiger partial charge in [-0.3, -0.25) is 5.10 Å². The van der Waals surface area contributed by atoms with Crippen molar-refractivity contribution in [3.63, 3.8) is 0 Å². The molecule has 4 rings (SSSR count). The molecule has 0 aliphatic carbocycles. The number of ether oxygens (including phenoxy) is 1. The zero-order valence-corrected chi connectivity index (χ0v) is 18.8. The molecule has 162 valence electrons. The van der Waals surface area contributed by atoms with Crippen molar-refractivity contribution in [3.05, 3.63) is 46.9 Å². The number of nitrogens with zero attached hydrogens (tertiary/aromatic N) is 5. The van der Waals surface area contributed by atoms with Crippen LogP contribution in [-0.2, 0) is 0 Å². The zero-order valence-electron chi connectivity index (χ0n) is 17.2. The van der Waals surface area contributed by atoms with Crippen LogP contribution in [0.1, 0.15) is 30.0 Å². The molecule has 3 heterocycles. The van der Waals surface area contributed by atoms with Gasteiger partial charge >= 0.3 is 0 Å². The Labute approximate surface area is 192 Å². The SMILES string of the molecule is COc1cc(C2CCN(C)CC2)c(Cl)cc1-c1cc(Nc2cnc(C#N)cn2)n[nH]1.Cl. The highest BCUT2D eigenvalue weighted by molar-refractivity contribution is 6.31. The first-order chi connectivity index (χ1) is 14.6. The molecule has 1 saturated heterocycles. The Hall–Kier alpha value is -2.86. The van der Waals surface area contributed by atoms with Crippen molar-refractivity contribution in [2.24, 2.45) is 0 Å². The fourth-order valence-electron chi connectivity index (χ4n) is 3.69. The van der Waals surface area contributed by atoms with E-state index in [1.54, 1.807) is 7.11 Å². The van der Waals surface area contributed by atoms with Gasteiger partial charge in [-0.2, -0.15) is 10.4 Å². The number of anilines is 2. The van der Waals surface area contributed by atoms with E-state index >= 15 is 0 Å². The van der Waals surface area contributed by atoms with Crippen LogP contribution in [0.5, 0.6) is 5.75 Å². The minimum atomic E-state index is 0. The van der Waals surface area contributed by atoms with Crippen LogP contribution in [0.3, 0.4) is 0 Å². The van der Waals surface area contributed by atoms with E-state index in [4.69, 9.17) is 21.6 Å². The molecule has 0 unspecified atom stereocenters. The van der Waals surface area contributed by atoms with E-state index in [1.165, 1.54) is 12.4 Å². The fourth-order valence-corrected chi connectivity index (χ4v) is 4.00. The summed E-state index contributed by atoms with van der Waals surface area (Å²) in [5, 5.41) is 19.9. The van der Waals surface area contributed by atoms with E-state index in [2.05, 4.69) is 37.4 Å². The van der Waals surface area contributed by atoms with Gasteiger partial charge in [0.2, 0.25) is 0 Å². The van der Waals surface area contributed by atoms with Gasteiger partial charge in [0.05, 0.1) is 25.2 Å². The van der Waals surface area contributed by atoms with Crippen LogP contribution >= 0.6 is 24.0 Å². The summed E-state index contributed by atoms with van der Waals surface area (Å²) < 4.78 is 5.67. The topological polar surface area (TPSA) is 103 Å². The third-order valence-electron chi connectivity index (χ3n) is 5.37. The van der Waals surface area contributed by atoms with Gasteiger partial charge in [-0.05, 0) is 56.6 Å². The van der Waals surface area contributed by atoms with Crippen molar-refractivity contribution in [1.82, 2.24) is 25.1 Å². The Morgan fingerprint density at radius 2 is 1.97 bits per heavy atom. The highest BCUT2D eigenvalue weighted by Crippen LogP contribution is 2.40. The van der Waals surface area contributed by atoms with E-state index in [9.17, 15) is 0 Å². The summed E-state index contributed by atoms with van der Waals surface area (Å²) >= 11 is 6.68. The number of nitriles is 1. The molecular weight excluding hydrogens is 437 g/mol. The van der Waals surface area contributed by atoms with Gasteiger partial charge < -0.3 is 15.0 Å². The molecule has 31 heavy (non-hydrogen) atoms. The lowest BCUT2D eigenvalue weighted by Crippen LogP contribution is -2.29. The Kier molecular flexibility index (Phi) is 7.33. The molecule has 0 saturated carbocycles. The number of nitrogens with one attached hydrogen (secondary N) is 2. The number of benzene rings is 1. The van der Waals surface area contributed by atoms with Crippen LogP contribution in [0.25, 0.3) is 11.3 Å². The number of likely N-dealkylation sites (tertiary alicyclic amines) is 1. The van der Waals surface area contributed by atoms with Gasteiger partial charge in [-0.25, -0.2) is 9.97 Å². The summed E-state index contributed by atoms with van der Waals surface area (Å²) in [6.45, 7) is 2.14. The molecule has 2 aromatic heterocycles. The molecule has 1 aromatic carbocycles. The molecule has 0 amide bonds. The van der Waals surface area contributed by atoms with E-state index in [0.29, 0.717) is 17.6 Å². The van der Waals surface area contributed by atoms with E-state index in [1.807, 2.05) is 24.3 Å². The smallest absolute Gasteiger partial charge is 0.158 e. The molecule has 1 aliphatic rings. The van der Waals surface area contributed by atoms with Crippen molar-refractivity contribution in [1.29, 1.82) is 5.26 Å². The zero-order chi connectivity index (χ0) is 21.1. The summed E-state index contributed by atoms with van der Waals surface area (Å²) in [5.41, 5.74) is 3.00. The summed E-state index contributed by atoms with van der Waals surface area (Å²) in [4.78, 5) is 10.5. The van der Waals surface area contributed by atoms with Crippen molar-refractivity contribution >= 4 is 35.6 Å². The monoisotopic (exact) mass is 459 g/mol. The number of halogens is 2. The maximum atomic E-state index is 8.82. The lowest BCUT2D eigenvalue weighted by Gasteiger charge is -2.30. The number of methoxy groups -OCH3 is 1. The Balaban J connectivity index is 0.00000272. The molecule has 0 atom stereocenters. The quantitative estimate of drug-likeness (QED) is 0.583. The van der Waals surface area contributed by atoms with E-state index in [0.717, 1.165) is 53.5 Å². The van der Waals surface area contributed by atoms with Crippen molar-refractivity contribution < 1.29 is 4.74 Å². The second-order valence-electron chi connectivity index (χ2n) is 7.34. The van der Waals surface area contributed by atoms with Gasteiger partial charge in [-0.1, -0.05) is 11.6 Å². The minimum Gasteiger partial charge on any atom is -0.496 e. The second-order valence-corrected chi connectivity index (χ2v) is 7.75. The van der Waals surface area contributed by atoms with Crippen molar-refractivity contribution in [2.45, 2.75) is 18.8 Å². The lowest BCUT2D eigenvalue weighted by atomic mass is 9.88. The van der Waals surface area contributed by atoms with Crippen LogP contribution < -0.4 is 10.1 Å². The number of hydrogen-bond donors (Lipinski definition) is 2. The lowest BCUT2D eigenvalue weighted by molar-refractivity contribution is 0.255. The largest absolute Gasteiger partial charge is 0.496 e. The maximum Gasteiger partial charge on any atom is 0.158 e. The minimum absolute atomic E-state index is 0. The van der Waals surface area contributed by atoms with Gasteiger partial charge in [-0.15, -0.1) is 12.4 Å². The van der Waals surface area contributed by atoms with Crippen LogP contribution in [0, 0.1) is 11.3 Å². The summed E-state index contributed by atoms with van der Waals surface area (Å²) in [6.07, 6.45) is 5.06. The molecule has 2 N–H and O–H groups in total. The number of rotatable bonds is 5. The van der Waals surface area contributed by atoms with Gasteiger partial charge in [0.25, 0.3) is 0 Å². The molecule has 0 spiro atoms. The number of piperidine rings is 1. The predicted molar refractivity (Wildman–Crippen MR) is 122 cm³/mol. The van der Waals surface area contributed by atoms with E-state index in [-0.39, 0.29) is 18.1 Å². The molecule has 0 radical (unpaired) electrons. The Morgan fingerprint density at radius 1 is 1.19 bits per heavy atom. The third kappa shape index (κ3) is 5.07. The molecular formula is C21H23Cl2N7O. The average Bonchev–Trinajstić information content (AvgIpc) is 3.23. The Bertz CT molecular complexity index is 1070. The van der Waals surface area contributed by atoms with Crippen molar-refractivity contribution in [2.75, 3.05) is 32.6 Å². The summed E-state index contributed by atoms with van der Waals surface area (Å²) in [5.74, 6) is 2.25. The summed E-state index contributed by atoms with van der Waals surface area (Å²) in [6, 6.07) is 7.78. The predicted octanol–water partition coefficient (Wildman–Crippen LogP) is 4.37. The molecule has 0 bridgehead atoms. The second kappa shape index (κ2) is 9.96. The Morgan fingerprint density at radius 3 is 2.61 bits per heavy atom. The number of aromatic amines is 1. The standard InChI is InChI=1S/C21H22ClN7O.ClH/c1-29-5-3-13(4-6-29)15-8-19(30-2)16(7-17(15)22)18-9-20(28-27-18)26-21-12-24-14(10-23)11-25-21;/h7-9,11-13H,3-6H2,1-2H3,(H2,25,26,27,28);1H. The number of aromatic nitrogens is 4. The van der Waals surface area contributed by atoms with Gasteiger partial charge in [0.1, 0.15) is 17.6 Å². The molecule has 1 aliphatic heterocycles. The molecule has 10 heteroatoms. The first-order valence-electron chi connectivity index (χ1n) is 9.68. The molecule has 1 fully saturated rings. The summed E-state index contributed by atoms with van der Waals surface area (Å²) in [7, 11) is 3.81. The fraction of sp³-hybridized carbons (Fsp3) is 0.333. The maximum absolute atomic E-state index is 8.82. The van der Waals surface area contributed by atoms with Crippen LogP contribution in [0.15, 0.2) is 30.6 Å². The first kappa shape index (κ1) is 22.8. The number of H-pyrrole nitrogens is 1. The van der Waals surface area contributed by atoms with Crippen LogP contribution in [0.4, 0.5) is 11.6 Å². The van der Waals surface area contributed by atoms with Crippen LogP contribution in [-0.4, -0.2) is 52.3 Å². The van der Waals surface area contributed by atoms with Gasteiger partial charge in [0, 0.05) is 16.7 Å². The number of hydrogen-bond acceptors (Lipinski definition) is 7. The van der Waals surface area contributed by atoms with Gasteiger partial charge in [0.15, 0.2) is 11.5 Å². The third-order valence-corrected chi connectivity index (χ3v) is 5.70. The first-order valence-corrected chi connectivity index (χ1v) is 10.1. The van der Waals surface area contributed by atoms with Crippen molar-refractivity contribution in [3.8, 4) is 23.1 Å². The molecule has 3 aromatic rings. The highest BCUT2D eigenvalue weighted by atomic mass is 35.5. The van der Waals surface area contributed by atoms with E-state index < -0.39 is 0 Å².